The minimum atomic E-state index is 0.607. The highest BCUT2D eigenvalue weighted by atomic mass is 16.3. The summed E-state index contributed by atoms with van der Waals surface area (Å²) in [5.74, 6) is 2.20. The molecule has 2 aliphatic rings. The van der Waals surface area contributed by atoms with Crippen LogP contribution in [0.25, 0.3) is 0 Å². The molecular weight excluding hydrogens is 326 g/mol. The summed E-state index contributed by atoms with van der Waals surface area (Å²) in [6.45, 7) is 5.08. The zero-order valence-electron chi connectivity index (χ0n) is 15.9. The second kappa shape index (κ2) is 7.76. The number of hydrogen-bond donors (Lipinski definition) is 0. The van der Waals surface area contributed by atoms with Crippen molar-refractivity contribution < 1.29 is 4.42 Å². The Morgan fingerprint density at radius 3 is 2.88 bits per heavy atom. The topological polar surface area (TPSA) is 48.6 Å². The Labute approximate surface area is 155 Å². The molecule has 0 amide bonds. The van der Waals surface area contributed by atoms with Gasteiger partial charge in [0.2, 0.25) is 0 Å². The Hall–Kier alpha value is -1.92. The van der Waals surface area contributed by atoms with Gasteiger partial charge in [0.25, 0.3) is 0 Å². The molecule has 6 nitrogen and oxygen atoms in total. The van der Waals surface area contributed by atoms with Crippen LogP contribution in [-0.4, -0.2) is 66.1 Å². The molecule has 2 aromatic rings. The molecule has 0 radical (unpaired) electrons. The molecule has 0 aliphatic carbocycles. The van der Waals surface area contributed by atoms with Crippen LogP contribution in [0.1, 0.15) is 29.9 Å². The van der Waals surface area contributed by atoms with Gasteiger partial charge >= 0.3 is 0 Å². The van der Waals surface area contributed by atoms with Gasteiger partial charge in [-0.25, -0.2) is 9.97 Å². The van der Waals surface area contributed by atoms with Crippen LogP contribution in [0.2, 0.25) is 0 Å². The molecule has 1 fully saturated rings. The Morgan fingerprint density at radius 2 is 2.08 bits per heavy atom. The Morgan fingerprint density at radius 1 is 1.19 bits per heavy atom. The lowest BCUT2D eigenvalue weighted by Crippen LogP contribution is -2.45. The zero-order chi connectivity index (χ0) is 17.9. The number of rotatable bonds is 4. The van der Waals surface area contributed by atoms with Gasteiger partial charge in [-0.1, -0.05) is 0 Å². The fourth-order valence-corrected chi connectivity index (χ4v) is 4.18. The summed E-state index contributed by atoms with van der Waals surface area (Å²) >= 11 is 0. The average Bonchev–Trinajstić information content (AvgIpc) is 3.08. The van der Waals surface area contributed by atoms with Gasteiger partial charge < -0.3 is 14.2 Å². The number of piperidine rings is 1. The molecule has 0 saturated carbocycles. The molecule has 0 bridgehead atoms. The highest BCUT2D eigenvalue weighted by Gasteiger charge is 2.26. The van der Waals surface area contributed by atoms with E-state index in [2.05, 4.69) is 39.8 Å². The van der Waals surface area contributed by atoms with E-state index in [0.717, 1.165) is 51.3 Å². The lowest BCUT2D eigenvalue weighted by atomic mass is 10.0. The predicted octanol–water partition coefficient (Wildman–Crippen LogP) is 2.20. The number of likely N-dealkylation sites (N-methyl/N-ethyl adjacent to an activating group) is 1. The van der Waals surface area contributed by atoms with Gasteiger partial charge in [-0.2, -0.15) is 0 Å². The Kier molecular flexibility index (Phi) is 5.22. The fourth-order valence-electron chi connectivity index (χ4n) is 4.18. The maximum atomic E-state index is 5.52. The normalized spacial score (nSPS) is 21.7. The maximum Gasteiger partial charge on any atom is 0.135 e. The predicted molar refractivity (Wildman–Crippen MR) is 102 cm³/mol. The third kappa shape index (κ3) is 3.76. The van der Waals surface area contributed by atoms with Crippen molar-refractivity contribution in [2.45, 2.75) is 38.3 Å². The van der Waals surface area contributed by atoms with Crippen LogP contribution >= 0.6 is 0 Å². The summed E-state index contributed by atoms with van der Waals surface area (Å²) in [4.78, 5) is 16.6. The van der Waals surface area contributed by atoms with Crippen LogP contribution in [0.4, 0.5) is 5.82 Å². The quantitative estimate of drug-likeness (QED) is 0.838. The standard InChI is InChI=1S/C20H29N5O/c1-23(2)16-5-3-9-25(13-16)20-18-7-10-24(14-17-6-4-12-26-17)11-8-19(18)21-15-22-20/h4,6,12,15-16H,3,5,7-11,13-14H2,1-2H3. The van der Waals surface area contributed by atoms with Crippen LogP contribution in [0.5, 0.6) is 0 Å². The van der Waals surface area contributed by atoms with Gasteiger partial charge in [0.05, 0.1) is 18.5 Å². The molecule has 0 aromatic carbocycles. The van der Waals surface area contributed by atoms with Gasteiger partial charge in [0.1, 0.15) is 17.9 Å². The first-order chi connectivity index (χ1) is 12.7. The number of furan rings is 1. The van der Waals surface area contributed by atoms with Crippen LogP contribution < -0.4 is 4.90 Å². The van der Waals surface area contributed by atoms with Crippen molar-refractivity contribution in [3.63, 3.8) is 0 Å². The Bertz CT molecular complexity index is 715. The summed E-state index contributed by atoms with van der Waals surface area (Å²) in [5.41, 5.74) is 2.58. The van der Waals surface area contributed by atoms with Crippen LogP contribution in [0.15, 0.2) is 29.1 Å². The zero-order valence-corrected chi connectivity index (χ0v) is 15.9. The van der Waals surface area contributed by atoms with Crippen molar-refractivity contribution in [1.82, 2.24) is 19.8 Å². The van der Waals surface area contributed by atoms with Crippen molar-refractivity contribution in [2.24, 2.45) is 0 Å². The van der Waals surface area contributed by atoms with E-state index in [1.54, 1.807) is 12.6 Å². The molecule has 26 heavy (non-hydrogen) atoms. The molecule has 2 aliphatic heterocycles. The summed E-state index contributed by atoms with van der Waals surface area (Å²) in [7, 11) is 4.36. The van der Waals surface area contributed by atoms with Crippen LogP contribution in [-0.2, 0) is 19.4 Å². The number of fused-ring (bicyclic) bond motifs is 1. The summed E-state index contributed by atoms with van der Waals surface area (Å²) in [5, 5.41) is 0. The number of aromatic nitrogens is 2. The van der Waals surface area contributed by atoms with Crippen molar-refractivity contribution in [1.29, 1.82) is 0 Å². The molecule has 1 saturated heterocycles. The van der Waals surface area contributed by atoms with Gasteiger partial charge in [0.15, 0.2) is 0 Å². The van der Waals surface area contributed by atoms with Crippen molar-refractivity contribution in [3.05, 3.63) is 41.7 Å². The third-order valence-electron chi connectivity index (χ3n) is 5.74. The lowest BCUT2D eigenvalue weighted by molar-refractivity contribution is 0.254. The van der Waals surface area contributed by atoms with E-state index in [1.807, 2.05) is 6.07 Å². The van der Waals surface area contributed by atoms with E-state index in [9.17, 15) is 0 Å². The second-order valence-electron chi connectivity index (χ2n) is 7.68. The highest BCUT2D eigenvalue weighted by molar-refractivity contribution is 5.50. The molecule has 2 aromatic heterocycles. The molecule has 4 heterocycles. The van der Waals surface area contributed by atoms with Gasteiger partial charge in [-0.3, -0.25) is 4.90 Å². The molecular formula is C20H29N5O. The van der Waals surface area contributed by atoms with Gasteiger partial charge in [0, 0.05) is 44.2 Å². The Balaban J connectivity index is 1.50. The first kappa shape index (κ1) is 17.5. The first-order valence-electron chi connectivity index (χ1n) is 9.69. The van der Waals surface area contributed by atoms with E-state index < -0.39 is 0 Å². The number of anilines is 1. The number of hydrogen-bond acceptors (Lipinski definition) is 6. The van der Waals surface area contributed by atoms with Crippen molar-refractivity contribution in [3.8, 4) is 0 Å². The fraction of sp³-hybridized carbons (Fsp3) is 0.600. The van der Waals surface area contributed by atoms with E-state index in [1.165, 1.54) is 29.9 Å². The molecule has 1 unspecified atom stereocenters. The molecule has 0 N–H and O–H groups in total. The average molecular weight is 355 g/mol. The third-order valence-corrected chi connectivity index (χ3v) is 5.74. The smallest absolute Gasteiger partial charge is 0.135 e. The monoisotopic (exact) mass is 355 g/mol. The SMILES string of the molecule is CN(C)C1CCCN(c2ncnc3c2CCN(Cc2ccco2)CC3)C1. The highest BCUT2D eigenvalue weighted by Crippen LogP contribution is 2.27. The molecule has 1 atom stereocenters. The van der Waals surface area contributed by atoms with Crippen LogP contribution in [0.3, 0.4) is 0 Å². The van der Waals surface area contributed by atoms with Crippen LogP contribution in [0, 0.1) is 0 Å². The van der Waals surface area contributed by atoms with E-state index in [4.69, 9.17) is 9.40 Å². The summed E-state index contributed by atoms with van der Waals surface area (Å²) in [6.07, 6.45) is 8.00. The maximum absolute atomic E-state index is 5.52. The molecule has 4 rings (SSSR count). The lowest BCUT2D eigenvalue weighted by Gasteiger charge is -2.37. The number of nitrogens with zero attached hydrogens (tertiary/aromatic N) is 5. The summed E-state index contributed by atoms with van der Waals surface area (Å²) in [6, 6.07) is 4.62. The molecule has 0 spiro atoms. The summed E-state index contributed by atoms with van der Waals surface area (Å²) < 4.78 is 5.52. The molecule has 6 heteroatoms. The van der Waals surface area contributed by atoms with Crippen molar-refractivity contribution in [2.75, 3.05) is 45.2 Å². The van der Waals surface area contributed by atoms with Gasteiger partial charge in [-0.15, -0.1) is 0 Å². The second-order valence-corrected chi connectivity index (χ2v) is 7.68. The van der Waals surface area contributed by atoms with Crippen molar-refractivity contribution >= 4 is 5.82 Å². The minimum Gasteiger partial charge on any atom is -0.468 e. The van der Waals surface area contributed by atoms with Gasteiger partial charge in [-0.05, 0) is 45.5 Å². The van der Waals surface area contributed by atoms with E-state index >= 15 is 0 Å². The van der Waals surface area contributed by atoms with E-state index in [-0.39, 0.29) is 0 Å². The molecule has 140 valence electrons. The first-order valence-corrected chi connectivity index (χ1v) is 9.69. The largest absolute Gasteiger partial charge is 0.468 e. The minimum absolute atomic E-state index is 0.607. The van der Waals surface area contributed by atoms with E-state index in [0.29, 0.717) is 6.04 Å².